The molecule has 0 amide bonds. The van der Waals surface area contributed by atoms with Crippen LogP contribution in [0.4, 0.5) is 0 Å². The minimum absolute atomic E-state index is 0. The molecule has 0 saturated heterocycles. The Hall–Kier alpha value is -0.534. The van der Waals surface area contributed by atoms with E-state index < -0.39 is 0 Å². The van der Waals surface area contributed by atoms with Gasteiger partial charge in [0.2, 0.25) is 11.8 Å². The number of halogens is 3. The molecule has 2 atom stereocenters. The normalized spacial score (nSPS) is 25.2. The second-order valence-corrected chi connectivity index (χ2v) is 9.87. The molecule has 3 heterocycles. The molecule has 1 aromatic heterocycles. The molecule has 0 aromatic carbocycles. The van der Waals surface area contributed by atoms with Crippen LogP contribution in [-0.4, -0.2) is 41.1 Å². The number of ether oxygens (including phenoxy) is 2. The van der Waals surface area contributed by atoms with E-state index in [2.05, 4.69) is 55.4 Å². The van der Waals surface area contributed by atoms with Gasteiger partial charge in [-0.05, 0) is 36.8 Å². The number of hydrogen-bond acceptors (Lipinski definition) is 5. The van der Waals surface area contributed by atoms with Gasteiger partial charge in [-0.2, -0.15) is 0 Å². The van der Waals surface area contributed by atoms with Crippen LogP contribution < -0.4 is 37.2 Å². The summed E-state index contributed by atoms with van der Waals surface area (Å²) in [6, 6.07) is 5.80. The molecule has 9 heteroatoms. The van der Waals surface area contributed by atoms with E-state index in [0.717, 1.165) is 11.4 Å². The van der Waals surface area contributed by atoms with Gasteiger partial charge in [-0.25, -0.2) is 15.0 Å². The van der Waals surface area contributed by atoms with Gasteiger partial charge < -0.3 is 46.7 Å². The quantitative estimate of drug-likeness (QED) is 0.392. The molecule has 0 spiro atoms. The molecule has 3 rings (SSSR count). The Balaban J connectivity index is 0. The van der Waals surface area contributed by atoms with Crippen LogP contribution in [0.3, 0.4) is 0 Å². The number of aromatic nitrogens is 1. The van der Waals surface area contributed by atoms with Gasteiger partial charge in [-0.1, -0.05) is 47.6 Å². The second-order valence-electron chi connectivity index (χ2n) is 9.87. The van der Waals surface area contributed by atoms with Crippen LogP contribution in [0.25, 0.3) is 0 Å². The molecule has 0 bridgehead atoms. The first kappa shape index (κ1) is 31.7. The molecule has 1 aromatic rings. The van der Waals surface area contributed by atoms with Crippen molar-refractivity contribution in [2.45, 2.75) is 66.5 Å². The van der Waals surface area contributed by atoms with Crippen molar-refractivity contribution in [1.82, 2.24) is 4.98 Å². The Kier molecular flexibility index (Phi) is 11.0. The standard InChI is InChI=1S/C21H31N3O2.3ClH.Co/c1-18(2,3)20(7)12-25-16(23-20)14-10-9-11-15(22-14)17-24-21(8,13-26-17)19(4,5)6;;;;/h9-11H,12-13H2,1-8H3;3*1H;/q;;;;+3/p-3. The van der Waals surface area contributed by atoms with Crippen LogP contribution >= 0.6 is 0 Å². The van der Waals surface area contributed by atoms with E-state index in [-0.39, 0.29) is 75.9 Å². The van der Waals surface area contributed by atoms with E-state index in [1.54, 1.807) is 0 Å². The van der Waals surface area contributed by atoms with Crippen LogP contribution in [0.1, 0.15) is 66.8 Å². The molecule has 0 N–H and O–H groups in total. The molecule has 5 nitrogen and oxygen atoms in total. The second kappa shape index (κ2) is 10.4. The molecule has 2 aliphatic rings. The fourth-order valence-electron chi connectivity index (χ4n) is 2.70. The molecular weight excluding hydrogens is 492 g/mol. The minimum Gasteiger partial charge on any atom is -1.00 e. The number of pyridine rings is 1. The summed E-state index contributed by atoms with van der Waals surface area (Å²) in [5, 5.41) is 0. The maximum Gasteiger partial charge on any atom is 3.00 e. The maximum atomic E-state index is 5.90. The largest absolute Gasteiger partial charge is 3.00 e. The van der Waals surface area contributed by atoms with Gasteiger partial charge in [-0.3, -0.25) is 0 Å². The average Bonchev–Trinajstić information content (AvgIpc) is 3.12. The molecular formula is C21H31Cl3CoN3O2. The Bertz CT molecular complexity index is 729. The van der Waals surface area contributed by atoms with E-state index in [9.17, 15) is 0 Å². The van der Waals surface area contributed by atoms with Crippen molar-refractivity contribution >= 4 is 11.8 Å². The fourth-order valence-corrected chi connectivity index (χ4v) is 2.70. The van der Waals surface area contributed by atoms with Crippen molar-refractivity contribution in [1.29, 1.82) is 0 Å². The zero-order chi connectivity index (χ0) is 19.4. The molecule has 0 aliphatic carbocycles. The number of nitrogens with zero attached hydrogens (tertiary/aromatic N) is 3. The molecule has 0 radical (unpaired) electrons. The Morgan fingerprint density at radius 3 is 1.33 bits per heavy atom. The van der Waals surface area contributed by atoms with Crippen LogP contribution in [0.2, 0.25) is 0 Å². The van der Waals surface area contributed by atoms with Crippen LogP contribution in [0.15, 0.2) is 28.2 Å². The third-order valence-electron chi connectivity index (χ3n) is 6.10. The van der Waals surface area contributed by atoms with E-state index >= 15 is 0 Å². The van der Waals surface area contributed by atoms with Gasteiger partial charge >= 0.3 is 16.8 Å². The summed E-state index contributed by atoms with van der Waals surface area (Å²) >= 11 is 0. The minimum atomic E-state index is -0.258. The molecule has 30 heavy (non-hydrogen) atoms. The van der Waals surface area contributed by atoms with Crippen molar-refractivity contribution < 1.29 is 63.5 Å². The predicted octanol–water partition coefficient (Wildman–Crippen LogP) is -4.75. The summed E-state index contributed by atoms with van der Waals surface area (Å²) in [6.07, 6.45) is 0. The smallest absolute Gasteiger partial charge is 1.00 e. The Morgan fingerprint density at radius 1 is 0.733 bits per heavy atom. The third-order valence-corrected chi connectivity index (χ3v) is 6.10. The van der Waals surface area contributed by atoms with Crippen LogP contribution in [-0.2, 0) is 26.3 Å². The van der Waals surface area contributed by atoms with Gasteiger partial charge in [-0.15, -0.1) is 0 Å². The molecule has 2 unspecified atom stereocenters. The van der Waals surface area contributed by atoms with Gasteiger partial charge in [0.1, 0.15) is 35.7 Å². The Morgan fingerprint density at radius 2 is 1.07 bits per heavy atom. The topological polar surface area (TPSA) is 56.1 Å². The molecule has 172 valence electrons. The van der Waals surface area contributed by atoms with Gasteiger partial charge in [0.15, 0.2) is 0 Å². The monoisotopic (exact) mass is 521 g/mol. The maximum absolute atomic E-state index is 5.90. The average molecular weight is 523 g/mol. The Labute approximate surface area is 209 Å². The summed E-state index contributed by atoms with van der Waals surface area (Å²) in [7, 11) is 0. The summed E-state index contributed by atoms with van der Waals surface area (Å²) in [6.45, 7) is 18.5. The van der Waals surface area contributed by atoms with Crippen molar-refractivity contribution in [3.8, 4) is 0 Å². The molecule has 0 saturated carbocycles. The van der Waals surface area contributed by atoms with E-state index in [0.29, 0.717) is 25.0 Å². The van der Waals surface area contributed by atoms with Crippen LogP contribution in [0, 0.1) is 10.8 Å². The van der Waals surface area contributed by atoms with E-state index in [1.807, 2.05) is 18.2 Å². The van der Waals surface area contributed by atoms with Crippen molar-refractivity contribution in [3.63, 3.8) is 0 Å². The number of aliphatic imine (C=N–C) groups is 2. The third kappa shape index (κ3) is 5.83. The summed E-state index contributed by atoms with van der Waals surface area (Å²) in [4.78, 5) is 14.4. The first-order valence-corrected chi connectivity index (χ1v) is 9.28. The van der Waals surface area contributed by atoms with Crippen molar-refractivity contribution in [3.05, 3.63) is 29.6 Å². The van der Waals surface area contributed by atoms with E-state index in [4.69, 9.17) is 24.4 Å². The number of rotatable bonds is 2. The summed E-state index contributed by atoms with van der Waals surface area (Å²) < 4.78 is 11.8. The van der Waals surface area contributed by atoms with Crippen molar-refractivity contribution in [2.24, 2.45) is 20.8 Å². The van der Waals surface area contributed by atoms with E-state index in [1.165, 1.54) is 0 Å². The molecule has 2 aliphatic heterocycles. The SMILES string of the molecule is CC(C)(C)C1(C)COC(c2cccc(C3=NC(C)(C(C)(C)C)CO3)n2)=N1.[Cl-].[Cl-].[Cl-].[Co+3]. The number of hydrogen-bond donors (Lipinski definition) is 0. The summed E-state index contributed by atoms with van der Waals surface area (Å²) in [5.41, 5.74) is 0.967. The summed E-state index contributed by atoms with van der Waals surface area (Å²) in [5.74, 6) is 1.20. The van der Waals surface area contributed by atoms with Gasteiger partial charge in [0.25, 0.3) is 0 Å². The zero-order valence-corrected chi connectivity index (χ0v) is 22.1. The predicted molar refractivity (Wildman–Crippen MR) is 105 cm³/mol. The van der Waals surface area contributed by atoms with Crippen molar-refractivity contribution in [2.75, 3.05) is 13.2 Å². The van der Waals surface area contributed by atoms with Gasteiger partial charge in [0, 0.05) is 0 Å². The zero-order valence-electron chi connectivity index (χ0n) is 18.8. The van der Waals surface area contributed by atoms with Crippen LogP contribution in [0.5, 0.6) is 0 Å². The fraction of sp³-hybridized carbons (Fsp3) is 0.667. The van der Waals surface area contributed by atoms with Gasteiger partial charge in [0.05, 0.1) is 0 Å². The first-order valence-electron chi connectivity index (χ1n) is 9.28. The first-order chi connectivity index (χ1) is 11.8. The molecule has 0 fully saturated rings.